The van der Waals surface area contributed by atoms with Crippen LogP contribution in [0.1, 0.15) is 21.6 Å². The summed E-state index contributed by atoms with van der Waals surface area (Å²) in [5.74, 6) is 0.356. The number of carbonyl (C=O) groups excluding carboxylic acids is 1. The van der Waals surface area contributed by atoms with Crippen LogP contribution in [0, 0.1) is 6.92 Å². The van der Waals surface area contributed by atoms with Gasteiger partial charge in [-0.3, -0.25) is 4.79 Å². The minimum atomic E-state index is -0.228. The lowest BCUT2D eigenvalue weighted by Crippen LogP contribution is -2.24. The molecule has 1 heterocycles. The topological polar surface area (TPSA) is 66.9 Å². The van der Waals surface area contributed by atoms with Gasteiger partial charge in [-0.25, -0.2) is 9.97 Å². The molecule has 1 aromatic heterocycles. The third kappa shape index (κ3) is 4.16. The van der Waals surface area contributed by atoms with Crippen molar-refractivity contribution in [1.82, 2.24) is 15.3 Å². The van der Waals surface area contributed by atoms with Gasteiger partial charge >= 0.3 is 0 Å². The largest absolute Gasteiger partial charge is 0.347 e. The summed E-state index contributed by atoms with van der Waals surface area (Å²) in [7, 11) is 0. The number of anilines is 2. The van der Waals surface area contributed by atoms with Crippen LogP contribution in [0.3, 0.4) is 0 Å². The molecule has 0 bridgehead atoms. The first-order valence-corrected chi connectivity index (χ1v) is 7.68. The Labute approximate surface area is 140 Å². The second kappa shape index (κ2) is 7.37. The minimum Gasteiger partial charge on any atom is -0.347 e. The zero-order chi connectivity index (χ0) is 16.8. The van der Waals surface area contributed by atoms with Crippen LogP contribution in [0.2, 0.25) is 0 Å². The van der Waals surface area contributed by atoms with E-state index in [4.69, 9.17) is 0 Å². The number of aryl methyl sites for hydroxylation is 1. The van der Waals surface area contributed by atoms with Gasteiger partial charge in [-0.1, -0.05) is 42.5 Å². The van der Waals surface area contributed by atoms with E-state index in [0.717, 1.165) is 16.8 Å². The zero-order valence-electron chi connectivity index (χ0n) is 13.4. The Bertz CT molecular complexity index is 834. The molecular weight excluding hydrogens is 300 g/mol. The van der Waals surface area contributed by atoms with E-state index in [-0.39, 0.29) is 5.91 Å². The van der Waals surface area contributed by atoms with E-state index < -0.39 is 0 Å². The molecule has 0 atom stereocenters. The van der Waals surface area contributed by atoms with E-state index >= 15 is 0 Å². The fourth-order valence-corrected chi connectivity index (χ4v) is 2.29. The molecule has 0 aliphatic heterocycles. The average Bonchev–Trinajstić information content (AvgIpc) is 2.61. The third-order valence-corrected chi connectivity index (χ3v) is 3.49. The molecule has 0 aliphatic carbocycles. The number of hydrogen-bond acceptors (Lipinski definition) is 4. The van der Waals surface area contributed by atoms with E-state index in [9.17, 15) is 4.79 Å². The van der Waals surface area contributed by atoms with Gasteiger partial charge in [0.15, 0.2) is 0 Å². The van der Waals surface area contributed by atoms with Gasteiger partial charge in [0.05, 0.1) is 0 Å². The highest BCUT2D eigenvalue weighted by molar-refractivity contribution is 5.92. The van der Waals surface area contributed by atoms with Gasteiger partial charge < -0.3 is 10.6 Å². The van der Waals surface area contributed by atoms with Crippen molar-refractivity contribution in [3.8, 4) is 0 Å². The van der Waals surface area contributed by atoms with E-state index in [0.29, 0.717) is 18.1 Å². The van der Waals surface area contributed by atoms with Gasteiger partial charge in [0, 0.05) is 18.3 Å². The fraction of sp³-hybridized carbons (Fsp3) is 0.105. The number of benzene rings is 2. The third-order valence-electron chi connectivity index (χ3n) is 3.49. The Balaban J connectivity index is 1.67. The van der Waals surface area contributed by atoms with Crippen molar-refractivity contribution >= 4 is 17.4 Å². The van der Waals surface area contributed by atoms with Crippen LogP contribution < -0.4 is 10.6 Å². The average molecular weight is 318 g/mol. The molecule has 0 spiro atoms. The first-order valence-electron chi connectivity index (χ1n) is 7.68. The highest BCUT2D eigenvalue weighted by Crippen LogP contribution is 2.15. The molecule has 5 heteroatoms. The van der Waals surface area contributed by atoms with Crippen molar-refractivity contribution in [2.75, 3.05) is 5.32 Å². The lowest BCUT2D eigenvalue weighted by Gasteiger charge is -2.08. The summed E-state index contributed by atoms with van der Waals surface area (Å²) in [6.07, 6.45) is 1.38. The van der Waals surface area contributed by atoms with Gasteiger partial charge in [-0.05, 0) is 30.2 Å². The molecule has 0 saturated heterocycles. The summed E-state index contributed by atoms with van der Waals surface area (Å²) in [5.41, 5.74) is 3.44. The van der Waals surface area contributed by atoms with Crippen molar-refractivity contribution in [2.45, 2.75) is 13.5 Å². The first-order chi connectivity index (χ1) is 11.7. The van der Waals surface area contributed by atoms with E-state index in [1.807, 2.05) is 61.5 Å². The maximum Gasteiger partial charge on any atom is 0.270 e. The molecule has 0 saturated carbocycles. The maximum absolute atomic E-state index is 12.2. The second-order valence-electron chi connectivity index (χ2n) is 5.45. The Morgan fingerprint density at radius 1 is 1.00 bits per heavy atom. The Hall–Kier alpha value is -3.21. The number of carbonyl (C=O) groups is 1. The number of nitrogens with one attached hydrogen (secondary N) is 2. The SMILES string of the molecule is Cc1cccc(Nc2cc(C(=O)NCc3ccccc3)ncn2)c1. The fourth-order valence-electron chi connectivity index (χ4n) is 2.29. The summed E-state index contributed by atoms with van der Waals surface area (Å²) in [6.45, 7) is 2.48. The number of aromatic nitrogens is 2. The van der Waals surface area contributed by atoms with Crippen LogP contribution in [-0.4, -0.2) is 15.9 Å². The summed E-state index contributed by atoms with van der Waals surface area (Å²) in [5, 5.41) is 6.04. The summed E-state index contributed by atoms with van der Waals surface area (Å²) in [4.78, 5) is 20.5. The molecule has 0 unspecified atom stereocenters. The molecule has 3 aromatic rings. The Morgan fingerprint density at radius 3 is 2.62 bits per heavy atom. The molecule has 120 valence electrons. The molecule has 2 N–H and O–H groups in total. The molecular formula is C19H18N4O. The summed E-state index contributed by atoms with van der Waals surface area (Å²) in [6, 6.07) is 19.3. The van der Waals surface area contributed by atoms with Crippen LogP contribution in [0.4, 0.5) is 11.5 Å². The predicted octanol–water partition coefficient (Wildman–Crippen LogP) is 3.46. The van der Waals surface area contributed by atoms with E-state index in [2.05, 4.69) is 20.6 Å². The molecule has 5 nitrogen and oxygen atoms in total. The van der Waals surface area contributed by atoms with Crippen LogP contribution in [0.5, 0.6) is 0 Å². The molecule has 24 heavy (non-hydrogen) atoms. The van der Waals surface area contributed by atoms with Crippen molar-refractivity contribution in [3.05, 3.63) is 83.8 Å². The number of hydrogen-bond donors (Lipinski definition) is 2. The van der Waals surface area contributed by atoms with Crippen LogP contribution in [-0.2, 0) is 6.54 Å². The molecule has 1 amide bonds. The lowest BCUT2D eigenvalue weighted by atomic mass is 10.2. The number of nitrogens with zero attached hydrogens (tertiary/aromatic N) is 2. The van der Waals surface area contributed by atoms with E-state index in [1.54, 1.807) is 6.07 Å². The Morgan fingerprint density at radius 2 is 1.83 bits per heavy atom. The molecule has 0 fully saturated rings. The lowest BCUT2D eigenvalue weighted by molar-refractivity contribution is 0.0946. The van der Waals surface area contributed by atoms with Gasteiger partial charge in [-0.15, -0.1) is 0 Å². The van der Waals surface area contributed by atoms with Gasteiger partial charge in [-0.2, -0.15) is 0 Å². The predicted molar refractivity (Wildman–Crippen MR) is 94.1 cm³/mol. The van der Waals surface area contributed by atoms with Crippen molar-refractivity contribution in [2.24, 2.45) is 0 Å². The second-order valence-corrected chi connectivity index (χ2v) is 5.45. The van der Waals surface area contributed by atoms with Crippen molar-refractivity contribution < 1.29 is 4.79 Å². The minimum absolute atomic E-state index is 0.228. The van der Waals surface area contributed by atoms with Crippen LogP contribution in [0.15, 0.2) is 67.0 Å². The zero-order valence-corrected chi connectivity index (χ0v) is 13.4. The van der Waals surface area contributed by atoms with Crippen molar-refractivity contribution in [1.29, 1.82) is 0 Å². The molecule has 0 aliphatic rings. The molecule has 3 rings (SSSR count). The monoisotopic (exact) mass is 318 g/mol. The first kappa shape index (κ1) is 15.7. The van der Waals surface area contributed by atoms with Crippen molar-refractivity contribution in [3.63, 3.8) is 0 Å². The van der Waals surface area contributed by atoms with Crippen LogP contribution >= 0.6 is 0 Å². The normalized spacial score (nSPS) is 10.2. The summed E-state index contributed by atoms with van der Waals surface area (Å²) < 4.78 is 0. The number of rotatable bonds is 5. The van der Waals surface area contributed by atoms with E-state index in [1.165, 1.54) is 6.33 Å². The highest BCUT2D eigenvalue weighted by atomic mass is 16.1. The molecule has 0 radical (unpaired) electrons. The van der Waals surface area contributed by atoms with Crippen LogP contribution in [0.25, 0.3) is 0 Å². The molecule has 2 aromatic carbocycles. The standard InChI is InChI=1S/C19H18N4O/c1-14-6-5-9-16(10-14)23-18-11-17(21-13-22-18)19(24)20-12-15-7-3-2-4-8-15/h2-11,13H,12H2,1H3,(H,20,24)(H,21,22,23). The smallest absolute Gasteiger partial charge is 0.270 e. The van der Waals surface area contributed by atoms with Gasteiger partial charge in [0.1, 0.15) is 17.8 Å². The Kier molecular flexibility index (Phi) is 4.81. The quantitative estimate of drug-likeness (QED) is 0.756. The van der Waals surface area contributed by atoms with Gasteiger partial charge in [0.25, 0.3) is 5.91 Å². The summed E-state index contributed by atoms with van der Waals surface area (Å²) >= 11 is 0. The van der Waals surface area contributed by atoms with Gasteiger partial charge in [0.2, 0.25) is 0 Å². The highest BCUT2D eigenvalue weighted by Gasteiger charge is 2.08. The number of amides is 1. The maximum atomic E-state index is 12.2.